The first-order valence-corrected chi connectivity index (χ1v) is 12.0. The summed E-state index contributed by atoms with van der Waals surface area (Å²) in [6.45, 7) is 0.903. The molecule has 0 fully saturated rings. The first-order chi connectivity index (χ1) is 15.9. The number of hydrogen-bond donors (Lipinski definition) is 3. The van der Waals surface area contributed by atoms with Crippen LogP contribution in [0.4, 0.5) is 0 Å². The number of nitrogens with zero attached hydrogens (tertiary/aromatic N) is 3. The van der Waals surface area contributed by atoms with Crippen molar-refractivity contribution in [3.05, 3.63) is 101 Å². The highest BCUT2D eigenvalue weighted by Gasteiger charge is 2.31. The normalized spacial score (nSPS) is 16.7. The third-order valence-corrected chi connectivity index (χ3v) is 6.81. The van der Waals surface area contributed by atoms with Crippen molar-refractivity contribution < 1.29 is 8.42 Å². The second kappa shape index (κ2) is 9.72. The van der Waals surface area contributed by atoms with Crippen molar-refractivity contribution in [3.63, 3.8) is 0 Å². The predicted octanol–water partition coefficient (Wildman–Crippen LogP) is 2.81. The van der Waals surface area contributed by atoms with Crippen molar-refractivity contribution >= 4 is 33.3 Å². The average molecular weight is 483 g/mol. The molecule has 1 atom stereocenters. The van der Waals surface area contributed by atoms with E-state index in [0.29, 0.717) is 18.1 Å². The minimum absolute atomic E-state index is 0.00182. The van der Waals surface area contributed by atoms with Gasteiger partial charge in [0.2, 0.25) is 5.96 Å². The Bertz CT molecular complexity index is 1280. The van der Waals surface area contributed by atoms with Crippen LogP contribution < -0.4 is 17.0 Å². The molecule has 1 unspecified atom stereocenters. The van der Waals surface area contributed by atoms with Gasteiger partial charge in [-0.1, -0.05) is 66.2 Å². The number of halogens is 1. The molecule has 10 heteroatoms. The van der Waals surface area contributed by atoms with E-state index in [1.54, 1.807) is 0 Å². The summed E-state index contributed by atoms with van der Waals surface area (Å²) in [6.07, 6.45) is 0. The van der Waals surface area contributed by atoms with Gasteiger partial charge in [0.25, 0.3) is 10.0 Å². The number of nitrogens with two attached hydrogens (primary N) is 2. The lowest BCUT2D eigenvalue weighted by Gasteiger charge is -2.15. The number of hydrazone groups is 1. The fraction of sp³-hybridized carbons (Fsp3) is 0.130. The molecule has 3 aromatic rings. The van der Waals surface area contributed by atoms with E-state index in [4.69, 9.17) is 23.2 Å². The van der Waals surface area contributed by atoms with Gasteiger partial charge in [-0.2, -0.15) is 13.5 Å². The van der Waals surface area contributed by atoms with E-state index in [1.165, 1.54) is 29.3 Å². The van der Waals surface area contributed by atoms with Crippen LogP contribution in [0.5, 0.6) is 0 Å². The van der Waals surface area contributed by atoms with Crippen LogP contribution in [0.1, 0.15) is 22.6 Å². The van der Waals surface area contributed by atoms with Gasteiger partial charge in [-0.05, 0) is 41.0 Å². The van der Waals surface area contributed by atoms with Gasteiger partial charge in [0.1, 0.15) is 0 Å². The number of benzene rings is 3. The van der Waals surface area contributed by atoms with E-state index in [0.717, 1.165) is 22.4 Å². The summed E-state index contributed by atoms with van der Waals surface area (Å²) in [6, 6.07) is 23.5. The van der Waals surface area contributed by atoms with Crippen LogP contribution in [0.2, 0.25) is 5.02 Å². The highest BCUT2D eigenvalue weighted by atomic mass is 35.5. The van der Waals surface area contributed by atoms with Crippen molar-refractivity contribution in [2.45, 2.75) is 17.4 Å². The zero-order valence-corrected chi connectivity index (χ0v) is 19.2. The Kier molecular flexibility index (Phi) is 6.75. The van der Waals surface area contributed by atoms with Crippen LogP contribution >= 0.6 is 11.6 Å². The molecule has 1 heterocycles. The summed E-state index contributed by atoms with van der Waals surface area (Å²) in [5, 5.41) is 6.51. The zero-order chi connectivity index (χ0) is 23.4. The van der Waals surface area contributed by atoms with Crippen LogP contribution in [0, 0.1) is 0 Å². The van der Waals surface area contributed by atoms with Gasteiger partial charge in [-0.25, -0.2) is 5.01 Å². The van der Waals surface area contributed by atoms with Crippen LogP contribution in [-0.4, -0.2) is 31.6 Å². The van der Waals surface area contributed by atoms with Gasteiger partial charge >= 0.3 is 0 Å². The minimum atomic E-state index is -4.02. The van der Waals surface area contributed by atoms with Gasteiger partial charge in [0.15, 0.2) is 0 Å². The highest BCUT2D eigenvalue weighted by Crippen LogP contribution is 2.29. The monoisotopic (exact) mass is 482 g/mol. The van der Waals surface area contributed by atoms with E-state index in [9.17, 15) is 8.42 Å². The Morgan fingerprint density at radius 1 is 1.06 bits per heavy atom. The molecule has 0 aromatic heterocycles. The number of guanidine groups is 1. The van der Waals surface area contributed by atoms with E-state index in [-0.39, 0.29) is 16.8 Å². The summed E-state index contributed by atoms with van der Waals surface area (Å²) >= 11 is 5.86. The smallest absolute Gasteiger partial charge is 0.285 e. The number of hydrazine groups is 1. The molecule has 8 nitrogen and oxygen atoms in total. The van der Waals surface area contributed by atoms with E-state index >= 15 is 0 Å². The highest BCUT2D eigenvalue weighted by molar-refractivity contribution is 7.90. The molecule has 170 valence electrons. The molecule has 0 radical (unpaired) electrons. The quantitative estimate of drug-likeness (QED) is 0.214. The lowest BCUT2D eigenvalue weighted by Crippen LogP contribution is -2.33. The van der Waals surface area contributed by atoms with Gasteiger partial charge in [0, 0.05) is 17.5 Å². The first-order valence-electron chi connectivity index (χ1n) is 10.2. The standard InChI is InChI=1S/C23H23ClN6O2S/c24-19-10-12-20(13-11-19)33(31,32)29-23(25)30-15-21(17-4-2-1-3-5-17)22(28-30)18-8-6-16(7-9-18)14-27-26/h1-13,21,27H,14-15,26H2,(H2,25,29). The second-order valence-corrected chi connectivity index (χ2v) is 9.53. The molecule has 0 spiro atoms. The maximum Gasteiger partial charge on any atom is 0.285 e. The molecule has 1 aliphatic heterocycles. The molecular formula is C23H23ClN6O2S. The maximum atomic E-state index is 12.7. The zero-order valence-electron chi connectivity index (χ0n) is 17.6. The van der Waals surface area contributed by atoms with E-state index in [1.807, 2.05) is 54.6 Å². The number of sulfonamides is 1. The largest absolute Gasteiger partial charge is 0.367 e. The van der Waals surface area contributed by atoms with Crippen molar-refractivity contribution in [1.82, 2.24) is 10.4 Å². The summed E-state index contributed by atoms with van der Waals surface area (Å²) in [7, 11) is -4.02. The molecule has 3 aromatic carbocycles. The van der Waals surface area contributed by atoms with E-state index < -0.39 is 10.0 Å². The molecule has 1 aliphatic rings. The Hall–Kier alpha value is -3.24. The topological polar surface area (TPSA) is 126 Å². The third kappa shape index (κ3) is 5.23. The Morgan fingerprint density at radius 3 is 2.36 bits per heavy atom. The fourth-order valence-electron chi connectivity index (χ4n) is 3.59. The molecule has 4 rings (SSSR count). The van der Waals surface area contributed by atoms with Crippen LogP contribution in [0.15, 0.2) is 93.3 Å². The molecule has 5 N–H and O–H groups in total. The van der Waals surface area contributed by atoms with Crippen LogP contribution in [0.25, 0.3) is 0 Å². The van der Waals surface area contributed by atoms with Crippen molar-refractivity contribution in [2.24, 2.45) is 21.1 Å². The molecule has 33 heavy (non-hydrogen) atoms. The summed E-state index contributed by atoms with van der Waals surface area (Å²) in [5.41, 5.74) is 12.5. The lowest BCUT2D eigenvalue weighted by atomic mass is 9.90. The van der Waals surface area contributed by atoms with Gasteiger partial charge in [-0.3, -0.25) is 11.3 Å². The predicted molar refractivity (Wildman–Crippen MR) is 130 cm³/mol. The summed E-state index contributed by atoms with van der Waals surface area (Å²) < 4.78 is 29.2. The van der Waals surface area contributed by atoms with Crippen molar-refractivity contribution in [1.29, 1.82) is 0 Å². The molecule has 0 saturated carbocycles. The Balaban J connectivity index is 1.68. The molecular weight excluding hydrogens is 460 g/mol. The Morgan fingerprint density at radius 2 is 1.73 bits per heavy atom. The number of hydrogen-bond acceptors (Lipinski definition) is 5. The fourth-order valence-corrected chi connectivity index (χ4v) is 4.64. The molecule has 0 aliphatic carbocycles. The van der Waals surface area contributed by atoms with Gasteiger partial charge < -0.3 is 5.73 Å². The van der Waals surface area contributed by atoms with Crippen molar-refractivity contribution in [2.75, 3.05) is 6.54 Å². The van der Waals surface area contributed by atoms with Crippen LogP contribution in [-0.2, 0) is 16.6 Å². The average Bonchev–Trinajstić information content (AvgIpc) is 3.26. The number of nitrogens with one attached hydrogen (secondary N) is 1. The lowest BCUT2D eigenvalue weighted by molar-refractivity contribution is 0.470. The third-order valence-electron chi connectivity index (χ3n) is 5.26. The van der Waals surface area contributed by atoms with Crippen molar-refractivity contribution in [3.8, 4) is 0 Å². The van der Waals surface area contributed by atoms with Crippen LogP contribution in [0.3, 0.4) is 0 Å². The summed E-state index contributed by atoms with van der Waals surface area (Å²) in [5.74, 6) is 5.09. The SMILES string of the molecule is NNCc1ccc(C2=NN(/C(N)=N\S(=O)(=O)c3ccc(Cl)cc3)CC2c2ccccc2)cc1. The van der Waals surface area contributed by atoms with Gasteiger partial charge in [0.05, 0.1) is 17.2 Å². The number of rotatable bonds is 6. The maximum absolute atomic E-state index is 12.7. The first kappa shape index (κ1) is 22.9. The molecule has 0 bridgehead atoms. The second-order valence-electron chi connectivity index (χ2n) is 7.49. The molecule has 0 amide bonds. The summed E-state index contributed by atoms with van der Waals surface area (Å²) in [4.78, 5) is 0.00182. The van der Waals surface area contributed by atoms with Gasteiger partial charge in [-0.15, -0.1) is 4.40 Å². The molecule has 0 saturated heterocycles. The minimum Gasteiger partial charge on any atom is -0.367 e. The van der Waals surface area contributed by atoms with E-state index in [2.05, 4.69) is 14.9 Å². The Labute approximate surface area is 197 Å².